The fourth-order valence-electron chi connectivity index (χ4n) is 4.03. The molecule has 0 bridgehead atoms. The number of morpholine rings is 1. The standard InChI is InChI=1S/C24H33N5O3/c1-2-3-4-15-32-21-7-5-20(6-8-21)24(30)29-11-9-27(10-12-29)22-18-23(26-19-25-22)28-13-16-31-17-14-28/h5-8,18-19H,2-4,9-17H2,1H3. The van der Waals surface area contributed by atoms with E-state index in [4.69, 9.17) is 9.47 Å². The van der Waals surface area contributed by atoms with Gasteiger partial charge in [0.1, 0.15) is 23.7 Å². The molecule has 0 aliphatic carbocycles. The number of carbonyl (C=O) groups is 1. The summed E-state index contributed by atoms with van der Waals surface area (Å²) in [5, 5.41) is 0. The summed E-state index contributed by atoms with van der Waals surface area (Å²) in [6, 6.07) is 9.56. The minimum atomic E-state index is 0.0684. The van der Waals surface area contributed by atoms with Crippen LogP contribution in [-0.2, 0) is 4.74 Å². The first kappa shape index (κ1) is 22.3. The normalized spacial score (nSPS) is 16.8. The van der Waals surface area contributed by atoms with E-state index in [9.17, 15) is 4.79 Å². The highest BCUT2D eigenvalue weighted by Crippen LogP contribution is 2.21. The molecule has 0 unspecified atom stereocenters. The van der Waals surface area contributed by atoms with Crippen LogP contribution in [0.4, 0.5) is 11.6 Å². The Morgan fingerprint density at radius 3 is 2.25 bits per heavy atom. The van der Waals surface area contributed by atoms with Gasteiger partial charge in [-0.1, -0.05) is 19.8 Å². The smallest absolute Gasteiger partial charge is 0.253 e. The van der Waals surface area contributed by atoms with Crippen molar-refractivity contribution in [2.24, 2.45) is 0 Å². The first-order valence-corrected chi connectivity index (χ1v) is 11.7. The number of aromatic nitrogens is 2. The van der Waals surface area contributed by atoms with Crippen LogP contribution >= 0.6 is 0 Å². The number of hydrogen-bond acceptors (Lipinski definition) is 7. The van der Waals surface area contributed by atoms with Gasteiger partial charge in [0.15, 0.2) is 0 Å². The van der Waals surface area contributed by atoms with Gasteiger partial charge in [-0.15, -0.1) is 0 Å². The molecule has 0 saturated carbocycles. The molecule has 8 heteroatoms. The third kappa shape index (κ3) is 5.68. The number of ether oxygens (including phenoxy) is 2. The van der Waals surface area contributed by atoms with Gasteiger partial charge in [-0.2, -0.15) is 0 Å². The van der Waals surface area contributed by atoms with Crippen molar-refractivity contribution in [2.45, 2.75) is 26.2 Å². The lowest BCUT2D eigenvalue weighted by atomic mass is 10.1. The van der Waals surface area contributed by atoms with Gasteiger partial charge in [0.2, 0.25) is 0 Å². The van der Waals surface area contributed by atoms with Crippen LogP contribution in [0.1, 0.15) is 36.5 Å². The van der Waals surface area contributed by atoms with Crippen molar-refractivity contribution in [3.05, 3.63) is 42.2 Å². The molecule has 0 radical (unpaired) electrons. The van der Waals surface area contributed by atoms with E-state index in [-0.39, 0.29) is 5.91 Å². The van der Waals surface area contributed by atoms with Crippen LogP contribution in [0.25, 0.3) is 0 Å². The summed E-state index contributed by atoms with van der Waals surface area (Å²) in [6.07, 6.45) is 5.04. The Hall–Kier alpha value is -2.87. The molecule has 0 atom stereocenters. The number of nitrogens with zero attached hydrogens (tertiary/aromatic N) is 5. The highest BCUT2D eigenvalue weighted by Gasteiger charge is 2.24. The summed E-state index contributed by atoms with van der Waals surface area (Å²) < 4.78 is 11.2. The lowest BCUT2D eigenvalue weighted by Gasteiger charge is -2.36. The van der Waals surface area contributed by atoms with E-state index in [1.807, 2.05) is 35.2 Å². The lowest BCUT2D eigenvalue weighted by molar-refractivity contribution is 0.0746. The molecule has 172 valence electrons. The van der Waals surface area contributed by atoms with Crippen LogP contribution in [0.5, 0.6) is 5.75 Å². The topological polar surface area (TPSA) is 71.0 Å². The molecule has 1 aromatic heterocycles. The number of benzene rings is 1. The molecular formula is C24H33N5O3. The van der Waals surface area contributed by atoms with Gasteiger partial charge in [0, 0.05) is 50.9 Å². The third-order valence-corrected chi connectivity index (χ3v) is 5.98. The van der Waals surface area contributed by atoms with Crippen molar-refractivity contribution in [1.82, 2.24) is 14.9 Å². The van der Waals surface area contributed by atoms with E-state index < -0.39 is 0 Å². The third-order valence-electron chi connectivity index (χ3n) is 5.98. The van der Waals surface area contributed by atoms with Gasteiger partial charge in [0.05, 0.1) is 19.8 Å². The lowest BCUT2D eigenvalue weighted by Crippen LogP contribution is -2.49. The predicted octanol–water partition coefficient (Wildman–Crippen LogP) is 2.84. The summed E-state index contributed by atoms with van der Waals surface area (Å²) in [7, 11) is 0. The number of anilines is 2. The second kappa shape index (κ2) is 11.1. The SMILES string of the molecule is CCCCCOc1ccc(C(=O)N2CCN(c3cc(N4CCOCC4)ncn3)CC2)cc1. The van der Waals surface area contributed by atoms with E-state index >= 15 is 0 Å². The Balaban J connectivity index is 1.29. The number of carbonyl (C=O) groups excluding carboxylic acids is 1. The zero-order valence-electron chi connectivity index (χ0n) is 18.9. The minimum Gasteiger partial charge on any atom is -0.494 e. The monoisotopic (exact) mass is 439 g/mol. The molecule has 2 aromatic rings. The molecule has 2 fully saturated rings. The molecule has 2 aliphatic heterocycles. The fourth-order valence-corrected chi connectivity index (χ4v) is 4.03. The summed E-state index contributed by atoms with van der Waals surface area (Å²) in [6.45, 7) is 8.90. The van der Waals surface area contributed by atoms with Crippen molar-refractivity contribution in [3.8, 4) is 5.75 Å². The van der Waals surface area contributed by atoms with Crippen molar-refractivity contribution in [3.63, 3.8) is 0 Å². The van der Waals surface area contributed by atoms with Crippen molar-refractivity contribution in [1.29, 1.82) is 0 Å². The molecule has 32 heavy (non-hydrogen) atoms. The molecular weight excluding hydrogens is 406 g/mol. The maximum Gasteiger partial charge on any atom is 0.253 e. The first-order chi connectivity index (χ1) is 15.7. The summed E-state index contributed by atoms with van der Waals surface area (Å²) in [4.78, 5) is 28.2. The van der Waals surface area contributed by atoms with Crippen LogP contribution in [0.15, 0.2) is 36.7 Å². The first-order valence-electron chi connectivity index (χ1n) is 11.7. The molecule has 0 spiro atoms. The Labute approximate surface area is 190 Å². The van der Waals surface area contributed by atoms with Gasteiger partial charge in [0.25, 0.3) is 5.91 Å². The summed E-state index contributed by atoms with van der Waals surface area (Å²) in [5.41, 5.74) is 0.705. The zero-order chi connectivity index (χ0) is 22.2. The Kier molecular flexibility index (Phi) is 7.77. The average Bonchev–Trinajstić information content (AvgIpc) is 2.87. The minimum absolute atomic E-state index is 0.0684. The van der Waals surface area contributed by atoms with E-state index in [2.05, 4.69) is 26.7 Å². The Morgan fingerprint density at radius 2 is 1.59 bits per heavy atom. The molecule has 2 saturated heterocycles. The second-order valence-corrected chi connectivity index (χ2v) is 8.19. The van der Waals surface area contributed by atoms with Crippen LogP contribution in [0.3, 0.4) is 0 Å². The van der Waals surface area contributed by atoms with E-state index in [1.54, 1.807) is 6.33 Å². The van der Waals surface area contributed by atoms with E-state index in [1.165, 1.54) is 12.8 Å². The fraction of sp³-hybridized carbons (Fsp3) is 0.542. The van der Waals surface area contributed by atoms with Gasteiger partial charge >= 0.3 is 0 Å². The summed E-state index contributed by atoms with van der Waals surface area (Å²) >= 11 is 0. The van der Waals surface area contributed by atoms with Gasteiger partial charge in [-0.3, -0.25) is 4.79 Å². The van der Waals surface area contributed by atoms with E-state index in [0.717, 1.165) is 69.8 Å². The molecule has 1 aromatic carbocycles. The second-order valence-electron chi connectivity index (χ2n) is 8.19. The number of amides is 1. The zero-order valence-corrected chi connectivity index (χ0v) is 18.9. The quantitative estimate of drug-likeness (QED) is 0.586. The van der Waals surface area contributed by atoms with Gasteiger partial charge < -0.3 is 24.2 Å². The average molecular weight is 440 g/mol. The maximum atomic E-state index is 12.9. The number of unbranched alkanes of at least 4 members (excludes halogenated alkanes) is 2. The van der Waals surface area contributed by atoms with Crippen LogP contribution in [-0.4, -0.2) is 79.9 Å². The molecule has 0 N–H and O–H groups in total. The Morgan fingerprint density at radius 1 is 0.938 bits per heavy atom. The van der Waals surface area contributed by atoms with Crippen LogP contribution < -0.4 is 14.5 Å². The van der Waals surface area contributed by atoms with Crippen LogP contribution in [0, 0.1) is 0 Å². The van der Waals surface area contributed by atoms with E-state index in [0.29, 0.717) is 18.7 Å². The Bertz CT molecular complexity index is 862. The highest BCUT2D eigenvalue weighted by atomic mass is 16.5. The molecule has 3 heterocycles. The van der Waals surface area contributed by atoms with Crippen molar-refractivity contribution in [2.75, 3.05) is 68.9 Å². The number of piperazine rings is 1. The highest BCUT2D eigenvalue weighted by molar-refractivity contribution is 5.94. The molecule has 2 aliphatic rings. The largest absolute Gasteiger partial charge is 0.494 e. The van der Waals surface area contributed by atoms with Crippen molar-refractivity contribution < 1.29 is 14.3 Å². The molecule has 8 nitrogen and oxygen atoms in total. The maximum absolute atomic E-state index is 12.9. The number of rotatable bonds is 8. The number of hydrogen-bond donors (Lipinski definition) is 0. The predicted molar refractivity (Wildman–Crippen MR) is 125 cm³/mol. The van der Waals surface area contributed by atoms with Gasteiger partial charge in [-0.25, -0.2) is 9.97 Å². The van der Waals surface area contributed by atoms with Gasteiger partial charge in [-0.05, 0) is 30.7 Å². The summed E-state index contributed by atoms with van der Waals surface area (Å²) in [5.74, 6) is 2.74. The molecule has 4 rings (SSSR count). The van der Waals surface area contributed by atoms with Crippen molar-refractivity contribution >= 4 is 17.5 Å². The van der Waals surface area contributed by atoms with Crippen LogP contribution in [0.2, 0.25) is 0 Å². The molecule has 1 amide bonds.